The van der Waals surface area contributed by atoms with Gasteiger partial charge in [-0.25, -0.2) is 0 Å². The molecule has 2 amide bonds. The second-order valence-corrected chi connectivity index (χ2v) is 7.89. The maximum absolute atomic E-state index is 13.2. The van der Waals surface area contributed by atoms with Gasteiger partial charge in [-0.3, -0.25) is 9.59 Å². The van der Waals surface area contributed by atoms with Crippen LogP contribution in [0, 0.1) is 5.92 Å². The van der Waals surface area contributed by atoms with Crippen molar-refractivity contribution in [1.82, 2.24) is 5.32 Å². The largest absolute Gasteiger partial charge is 0.497 e. The monoisotopic (exact) mass is 434 g/mol. The lowest BCUT2D eigenvalue weighted by atomic mass is 9.97. The van der Waals surface area contributed by atoms with Gasteiger partial charge in [-0.1, -0.05) is 66.2 Å². The molecule has 1 fully saturated rings. The minimum Gasteiger partial charge on any atom is -0.497 e. The Morgan fingerprint density at radius 3 is 2.32 bits per heavy atom. The number of para-hydroxylation sites is 1. The summed E-state index contributed by atoms with van der Waals surface area (Å²) in [5.41, 5.74) is 2.54. The fraction of sp³-hybridized carbons (Fsp3) is 0.200. The third-order valence-corrected chi connectivity index (χ3v) is 5.83. The SMILES string of the molecule is COc1ccc([C@@H](NC(=O)[C@H]2CC(=O)N(c3ccccc3Cl)C2)c2ccccc2)cc1. The third kappa shape index (κ3) is 4.57. The van der Waals surface area contributed by atoms with Gasteiger partial charge in [0, 0.05) is 13.0 Å². The van der Waals surface area contributed by atoms with Crippen molar-refractivity contribution in [3.8, 4) is 5.75 Å². The van der Waals surface area contributed by atoms with E-state index in [-0.39, 0.29) is 24.3 Å². The highest BCUT2D eigenvalue weighted by Gasteiger charge is 2.36. The quantitative estimate of drug-likeness (QED) is 0.616. The van der Waals surface area contributed by atoms with Crippen molar-refractivity contribution < 1.29 is 14.3 Å². The van der Waals surface area contributed by atoms with Gasteiger partial charge in [0.2, 0.25) is 11.8 Å². The van der Waals surface area contributed by atoms with E-state index in [1.54, 1.807) is 24.1 Å². The van der Waals surface area contributed by atoms with Crippen molar-refractivity contribution in [2.75, 3.05) is 18.6 Å². The molecule has 5 nitrogen and oxygen atoms in total. The Bertz CT molecular complexity index is 1070. The molecule has 0 aliphatic carbocycles. The molecule has 0 radical (unpaired) electrons. The van der Waals surface area contributed by atoms with Crippen LogP contribution in [0.3, 0.4) is 0 Å². The number of nitrogens with zero attached hydrogens (tertiary/aromatic N) is 1. The van der Waals surface area contributed by atoms with Gasteiger partial charge in [-0.2, -0.15) is 0 Å². The Labute approximate surface area is 186 Å². The molecule has 0 spiro atoms. The van der Waals surface area contributed by atoms with Gasteiger partial charge >= 0.3 is 0 Å². The molecule has 1 saturated heterocycles. The molecule has 0 unspecified atom stereocenters. The summed E-state index contributed by atoms with van der Waals surface area (Å²) in [5, 5.41) is 3.64. The van der Waals surface area contributed by atoms with Crippen molar-refractivity contribution in [3.05, 3.63) is 95.0 Å². The maximum Gasteiger partial charge on any atom is 0.227 e. The van der Waals surface area contributed by atoms with Crippen molar-refractivity contribution >= 4 is 29.1 Å². The van der Waals surface area contributed by atoms with Crippen molar-refractivity contribution in [1.29, 1.82) is 0 Å². The number of rotatable bonds is 6. The third-order valence-electron chi connectivity index (χ3n) is 5.51. The number of carbonyl (C=O) groups excluding carboxylic acids is 2. The number of carbonyl (C=O) groups is 2. The average Bonchev–Trinajstić information content (AvgIpc) is 3.20. The lowest BCUT2D eigenvalue weighted by molar-refractivity contribution is -0.126. The van der Waals surface area contributed by atoms with Gasteiger partial charge in [0.05, 0.1) is 29.8 Å². The first kappa shape index (κ1) is 20.9. The number of halogens is 1. The molecule has 1 heterocycles. The summed E-state index contributed by atoms with van der Waals surface area (Å²) in [6.07, 6.45) is 0.154. The summed E-state index contributed by atoms with van der Waals surface area (Å²) in [5.74, 6) is 0.0356. The molecule has 3 aromatic carbocycles. The fourth-order valence-electron chi connectivity index (χ4n) is 3.85. The van der Waals surface area contributed by atoms with Gasteiger partial charge in [-0.05, 0) is 35.4 Å². The highest BCUT2D eigenvalue weighted by atomic mass is 35.5. The predicted octanol–water partition coefficient (Wildman–Crippen LogP) is 4.61. The number of ether oxygens (including phenoxy) is 1. The first-order chi connectivity index (χ1) is 15.1. The molecule has 2 atom stereocenters. The lowest BCUT2D eigenvalue weighted by Gasteiger charge is -2.22. The molecular formula is C25H23ClN2O3. The number of hydrogen-bond acceptors (Lipinski definition) is 3. The number of anilines is 1. The molecule has 6 heteroatoms. The van der Waals surface area contributed by atoms with E-state index in [4.69, 9.17) is 16.3 Å². The topological polar surface area (TPSA) is 58.6 Å². The van der Waals surface area contributed by atoms with Gasteiger partial charge in [0.1, 0.15) is 5.75 Å². The van der Waals surface area contributed by atoms with Crippen LogP contribution in [0.1, 0.15) is 23.6 Å². The Hall–Kier alpha value is -3.31. The number of benzene rings is 3. The van der Waals surface area contributed by atoms with Crippen LogP contribution in [-0.2, 0) is 9.59 Å². The molecule has 4 rings (SSSR count). The normalized spacial score (nSPS) is 16.8. The minimum atomic E-state index is -0.451. The molecular weight excluding hydrogens is 412 g/mol. The Kier molecular flexibility index (Phi) is 6.23. The zero-order valence-corrected chi connectivity index (χ0v) is 17.9. The summed E-state index contributed by atoms with van der Waals surface area (Å²) in [4.78, 5) is 27.4. The Morgan fingerprint density at radius 1 is 1.00 bits per heavy atom. The van der Waals surface area contributed by atoms with Crippen LogP contribution < -0.4 is 15.0 Å². The molecule has 1 aliphatic heterocycles. The Morgan fingerprint density at radius 2 is 1.65 bits per heavy atom. The molecule has 1 N–H and O–H groups in total. The Balaban J connectivity index is 1.55. The number of nitrogens with one attached hydrogen (secondary N) is 1. The van der Waals surface area contributed by atoms with Crippen LogP contribution in [0.4, 0.5) is 5.69 Å². The number of amides is 2. The van der Waals surface area contributed by atoms with Crippen molar-refractivity contribution in [2.45, 2.75) is 12.5 Å². The number of hydrogen-bond donors (Lipinski definition) is 1. The summed E-state index contributed by atoms with van der Waals surface area (Å²) < 4.78 is 5.25. The van der Waals surface area contributed by atoms with E-state index in [1.807, 2.05) is 66.7 Å². The van der Waals surface area contributed by atoms with Crippen molar-refractivity contribution in [2.24, 2.45) is 5.92 Å². The molecule has 0 saturated carbocycles. The van der Waals surface area contributed by atoms with Gasteiger partial charge < -0.3 is 15.0 Å². The summed E-state index contributed by atoms with van der Waals surface area (Å²) in [6.45, 7) is 0.304. The smallest absolute Gasteiger partial charge is 0.227 e. The van der Waals surface area contributed by atoms with E-state index in [2.05, 4.69) is 5.32 Å². The minimum absolute atomic E-state index is 0.103. The lowest BCUT2D eigenvalue weighted by Crippen LogP contribution is -2.36. The average molecular weight is 435 g/mol. The molecule has 31 heavy (non-hydrogen) atoms. The second-order valence-electron chi connectivity index (χ2n) is 7.48. The maximum atomic E-state index is 13.2. The molecule has 1 aliphatic rings. The van der Waals surface area contributed by atoms with E-state index >= 15 is 0 Å². The van der Waals surface area contributed by atoms with Crippen LogP contribution in [0.25, 0.3) is 0 Å². The van der Waals surface area contributed by atoms with E-state index in [1.165, 1.54) is 0 Å². The molecule has 3 aromatic rings. The number of methoxy groups -OCH3 is 1. The van der Waals surface area contributed by atoms with Crippen LogP contribution in [0.5, 0.6) is 5.75 Å². The van der Waals surface area contributed by atoms with E-state index in [9.17, 15) is 9.59 Å². The standard InChI is InChI=1S/C25H23ClN2O3/c1-31-20-13-11-18(12-14-20)24(17-7-3-2-4-8-17)27-25(30)19-15-23(29)28(16-19)22-10-6-5-9-21(22)26/h2-14,19,24H,15-16H2,1H3,(H,27,30)/t19-,24-/m0/s1. The van der Waals surface area contributed by atoms with Gasteiger partial charge in [0.15, 0.2) is 0 Å². The van der Waals surface area contributed by atoms with E-state index in [0.717, 1.165) is 16.9 Å². The van der Waals surface area contributed by atoms with Crippen LogP contribution >= 0.6 is 11.6 Å². The van der Waals surface area contributed by atoms with E-state index < -0.39 is 5.92 Å². The molecule has 0 bridgehead atoms. The van der Waals surface area contributed by atoms with E-state index in [0.29, 0.717) is 17.3 Å². The summed E-state index contributed by atoms with van der Waals surface area (Å²) in [7, 11) is 1.62. The van der Waals surface area contributed by atoms with Crippen LogP contribution in [0.15, 0.2) is 78.9 Å². The first-order valence-electron chi connectivity index (χ1n) is 10.1. The fourth-order valence-corrected chi connectivity index (χ4v) is 4.09. The molecule has 158 valence electrons. The zero-order valence-electron chi connectivity index (χ0n) is 17.1. The highest BCUT2D eigenvalue weighted by molar-refractivity contribution is 6.33. The summed E-state index contributed by atoms with van der Waals surface area (Å²) >= 11 is 6.26. The first-order valence-corrected chi connectivity index (χ1v) is 10.5. The van der Waals surface area contributed by atoms with Gasteiger partial charge in [0.25, 0.3) is 0 Å². The van der Waals surface area contributed by atoms with Crippen molar-refractivity contribution in [3.63, 3.8) is 0 Å². The van der Waals surface area contributed by atoms with Crippen LogP contribution in [-0.4, -0.2) is 25.5 Å². The summed E-state index contributed by atoms with van der Waals surface area (Å²) in [6, 6.07) is 24.2. The second kappa shape index (κ2) is 9.23. The van der Waals surface area contributed by atoms with Crippen LogP contribution in [0.2, 0.25) is 5.02 Å². The zero-order chi connectivity index (χ0) is 21.8. The predicted molar refractivity (Wildman–Crippen MR) is 121 cm³/mol. The van der Waals surface area contributed by atoms with Gasteiger partial charge in [-0.15, -0.1) is 0 Å². The molecule has 0 aromatic heterocycles. The highest BCUT2D eigenvalue weighted by Crippen LogP contribution is 2.32.